The van der Waals surface area contributed by atoms with E-state index in [0.29, 0.717) is 6.54 Å². The highest BCUT2D eigenvalue weighted by atomic mass is 16.5. The number of ether oxygens (including phenoxy) is 1. The molecule has 0 spiro atoms. The molecule has 6 nitrogen and oxygen atoms in total. The van der Waals surface area contributed by atoms with Gasteiger partial charge < -0.3 is 15.0 Å². The Bertz CT molecular complexity index is 1400. The molecule has 172 valence electrons. The summed E-state index contributed by atoms with van der Waals surface area (Å²) in [5.74, 6) is -0.00563. The number of pyridine rings is 1. The molecular formula is C28H28N4O2. The molecule has 0 aliphatic carbocycles. The summed E-state index contributed by atoms with van der Waals surface area (Å²) in [5, 5.41) is 6.10. The standard InChI is InChI=1S/C28H28N4O2/c33-28-26-23-9-7-21-17-30-22(16-24(21)27(23)31-25(26)5-2-10-29-28)8-6-19-3-1-4-20(15-19)18-32-11-13-34-14-12-32/h1,3-4,6-9,15-17,30H,2,5,10-14,18H2,(H,29,33). The minimum absolute atomic E-state index is 0.00563. The third-order valence-electron chi connectivity index (χ3n) is 6.77. The highest BCUT2D eigenvalue weighted by Crippen LogP contribution is 2.31. The molecule has 0 radical (unpaired) electrons. The summed E-state index contributed by atoms with van der Waals surface area (Å²) < 4.78 is 5.46. The van der Waals surface area contributed by atoms with E-state index >= 15 is 0 Å². The SMILES string of the molecule is O=C1NCCCc2nc3c(ccc4c[nH]c(C=Cc5cccc(CN6CCOCC6)c5)cc43)c21. The zero-order valence-electron chi connectivity index (χ0n) is 19.1. The summed E-state index contributed by atoms with van der Waals surface area (Å²) in [6.45, 7) is 5.27. The van der Waals surface area contributed by atoms with Crippen molar-refractivity contribution in [2.24, 2.45) is 0 Å². The fourth-order valence-electron chi connectivity index (χ4n) is 5.00. The number of amides is 1. The van der Waals surface area contributed by atoms with Crippen molar-refractivity contribution in [3.05, 3.63) is 76.7 Å². The van der Waals surface area contributed by atoms with Crippen LogP contribution in [0.25, 0.3) is 33.8 Å². The first kappa shape index (κ1) is 21.1. The molecular weight excluding hydrogens is 424 g/mol. The number of hydrogen-bond acceptors (Lipinski definition) is 4. The maximum atomic E-state index is 12.6. The monoisotopic (exact) mass is 452 g/mol. The largest absolute Gasteiger partial charge is 0.379 e. The highest BCUT2D eigenvalue weighted by molar-refractivity contribution is 6.15. The molecule has 6 heteroatoms. The van der Waals surface area contributed by atoms with Crippen LogP contribution < -0.4 is 5.32 Å². The maximum Gasteiger partial charge on any atom is 0.253 e. The van der Waals surface area contributed by atoms with E-state index in [1.54, 1.807) is 0 Å². The number of H-pyrrole nitrogens is 1. The summed E-state index contributed by atoms with van der Waals surface area (Å²) in [6, 6.07) is 14.9. The molecule has 0 bridgehead atoms. The normalized spacial score (nSPS) is 17.2. The molecule has 1 amide bonds. The Morgan fingerprint density at radius 1 is 1.06 bits per heavy atom. The number of aromatic nitrogens is 2. The number of carbonyl (C=O) groups excluding carboxylic acids is 1. The quantitative estimate of drug-likeness (QED) is 0.482. The smallest absolute Gasteiger partial charge is 0.253 e. The first-order valence-corrected chi connectivity index (χ1v) is 12.0. The number of nitrogens with zero attached hydrogens (tertiary/aromatic N) is 2. The summed E-state index contributed by atoms with van der Waals surface area (Å²) in [4.78, 5) is 23.3. The van der Waals surface area contributed by atoms with Crippen LogP contribution in [-0.2, 0) is 17.7 Å². The maximum absolute atomic E-state index is 12.6. The van der Waals surface area contributed by atoms with E-state index in [4.69, 9.17) is 9.72 Å². The van der Waals surface area contributed by atoms with Gasteiger partial charge in [0.25, 0.3) is 5.91 Å². The van der Waals surface area contributed by atoms with Gasteiger partial charge in [0.2, 0.25) is 0 Å². The van der Waals surface area contributed by atoms with E-state index in [-0.39, 0.29) is 5.91 Å². The van der Waals surface area contributed by atoms with Crippen LogP contribution in [0.1, 0.15) is 39.3 Å². The number of aryl methyl sites for hydroxylation is 1. The lowest BCUT2D eigenvalue weighted by Crippen LogP contribution is -2.35. The van der Waals surface area contributed by atoms with E-state index in [9.17, 15) is 4.79 Å². The molecule has 2 aromatic heterocycles. The summed E-state index contributed by atoms with van der Waals surface area (Å²) in [5.41, 5.74) is 6.06. The van der Waals surface area contributed by atoms with E-state index in [1.807, 2.05) is 12.3 Å². The molecule has 0 unspecified atom stereocenters. The summed E-state index contributed by atoms with van der Waals surface area (Å²) in [6.07, 6.45) is 8.01. The highest BCUT2D eigenvalue weighted by Gasteiger charge is 2.22. The number of nitrogens with one attached hydrogen (secondary N) is 2. The van der Waals surface area contributed by atoms with Crippen molar-refractivity contribution in [1.82, 2.24) is 20.2 Å². The van der Waals surface area contributed by atoms with Crippen molar-refractivity contribution >= 4 is 39.7 Å². The van der Waals surface area contributed by atoms with E-state index in [2.05, 4.69) is 63.8 Å². The number of rotatable bonds is 4. The van der Waals surface area contributed by atoms with Crippen LogP contribution in [-0.4, -0.2) is 53.6 Å². The van der Waals surface area contributed by atoms with Crippen molar-refractivity contribution in [3.8, 4) is 0 Å². The lowest BCUT2D eigenvalue weighted by molar-refractivity contribution is 0.0342. The Labute approximate surface area is 198 Å². The first-order chi connectivity index (χ1) is 16.7. The third-order valence-corrected chi connectivity index (χ3v) is 6.77. The van der Waals surface area contributed by atoms with E-state index in [0.717, 1.165) is 84.3 Å². The zero-order chi connectivity index (χ0) is 22.9. The fraction of sp³-hybridized carbons (Fsp3) is 0.286. The number of carbonyl (C=O) groups is 1. The molecule has 2 N–H and O–H groups in total. The Balaban J connectivity index is 1.30. The van der Waals surface area contributed by atoms with Crippen molar-refractivity contribution in [3.63, 3.8) is 0 Å². The molecule has 2 aliphatic rings. The van der Waals surface area contributed by atoms with Crippen molar-refractivity contribution in [1.29, 1.82) is 0 Å². The van der Waals surface area contributed by atoms with E-state index in [1.165, 1.54) is 11.1 Å². The van der Waals surface area contributed by atoms with Gasteiger partial charge in [-0.1, -0.05) is 42.5 Å². The van der Waals surface area contributed by atoms with Crippen LogP contribution in [0, 0.1) is 0 Å². The molecule has 2 aliphatic heterocycles. The number of hydrogen-bond donors (Lipinski definition) is 2. The average molecular weight is 453 g/mol. The molecule has 1 saturated heterocycles. The lowest BCUT2D eigenvalue weighted by atomic mass is 10.0. The average Bonchev–Trinajstić information content (AvgIpc) is 3.15. The van der Waals surface area contributed by atoms with Crippen LogP contribution in [0.2, 0.25) is 0 Å². The predicted molar refractivity (Wildman–Crippen MR) is 136 cm³/mol. The molecule has 1 fully saturated rings. The van der Waals surface area contributed by atoms with Crippen LogP contribution in [0.15, 0.2) is 48.7 Å². The fourth-order valence-corrected chi connectivity index (χ4v) is 5.00. The van der Waals surface area contributed by atoms with Gasteiger partial charge in [0.15, 0.2) is 0 Å². The van der Waals surface area contributed by atoms with Crippen LogP contribution in [0.4, 0.5) is 0 Å². The Hall–Kier alpha value is -3.48. The van der Waals surface area contributed by atoms with Gasteiger partial charge in [-0.3, -0.25) is 14.7 Å². The van der Waals surface area contributed by atoms with E-state index < -0.39 is 0 Å². The number of aromatic amines is 1. The zero-order valence-corrected chi connectivity index (χ0v) is 19.1. The first-order valence-electron chi connectivity index (χ1n) is 12.0. The third kappa shape index (κ3) is 4.11. The summed E-state index contributed by atoms with van der Waals surface area (Å²) in [7, 11) is 0. The minimum Gasteiger partial charge on any atom is -0.379 e. The van der Waals surface area contributed by atoms with Crippen LogP contribution in [0.5, 0.6) is 0 Å². The van der Waals surface area contributed by atoms with Gasteiger partial charge in [-0.15, -0.1) is 0 Å². The number of benzene rings is 2. The summed E-state index contributed by atoms with van der Waals surface area (Å²) >= 11 is 0. The molecule has 2 aromatic carbocycles. The second-order valence-electron chi connectivity index (χ2n) is 9.11. The van der Waals surface area contributed by atoms with Crippen LogP contribution >= 0.6 is 0 Å². The molecule has 0 saturated carbocycles. The molecule has 4 aromatic rings. The van der Waals surface area contributed by atoms with Gasteiger partial charge in [0, 0.05) is 48.8 Å². The van der Waals surface area contributed by atoms with Crippen LogP contribution in [0.3, 0.4) is 0 Å². The second-order valence-corrected chi connectivity index (χ2v) is 9.11. The molecule has 6 rings (SSSR count). The predicted octanol–water partition coefficient (Wildman–Crippen LogP) is 4.39. The minimum atomic E-state index is -0.00563. The van der Waals surface area contributed by atoms with Crippen molar-refractivity contribution in [2.75, 3.05) is 32.8 Å². The van der Waals surface area contributed by atoms with Gasteiger partial charge in [-0.25, -0.2) is 0 Å². The second kappa shape index (κ2) is 9.05. The number of fused-ring (bicyclic) bond motifs is 5. The Morgan fingerprint density at radius 2 is 1.97 bits per heavy atom. The van der Waals surface area contributed by atoms with Crippen molar-refractivity contribution in [2.45, 2.75) is 19.4 Å². The topological polar surface area (TPSA) is 70.2 Å². The van der Waals surface area contributed by atoms with Gasteiger partial charge >= 0.3 is 0 Å². The molecule has 34 heavy (non-hydrogen) atoms. The Morgan fingerprint density at radius 3 is 2.88 bits per heavy atom. The van der Waals surface area contributed by atoms with Crippen molar-refractivity contribution < 1.29 is 9.53 Å². The lowest BCUT2D eigenvalue weighted by Gasteiger charge is -2.26. The number of morpholine rings is 1. The Kier molecular flexibility index (Phi) is 5.61. The molecule has 0 atom stereocenters. The van der Waals surface area contributed by atoms with Gasteiger partial charge in [-0.2, -0.15) is 0 Å². The van der Waals surface area contributed by atoms with Gasteiger partial charge in [0.1, 0.15) is 0 Å². The molecule has 4 heterocycles. The van der Waals surface area contributed by atoms with Gasteiger partial charge in [0.05, 0.1) is 30.0 Å². The van der Waals surface area contributed by atoms with Gasteiger partial charge in [-0.05, 0) is 41.5 Å².